The number of anilines is 1. The number of benzene rings is 2. The summed E-state index contributed by atoms with van der Waals surface area (Å²) >= 11 is 0. The van der Waals surface area contributed by atoms with Gasteiger partial charge in [0.25, 0.3) is 0 Å². The Bertz CT molecular complexity index is 576. The lowest BCUT2D eigenvalue weighted by atomic mass is 9.88. The maximum absolute atomic E-state index is 10.8. The molecule has 21 heavy (non-hydrogen) atoms. The van der Waals surface area contributed by atoms with Crippen molar-refractivity contribution >= 4 is 11.7 Å². The van der Waals surface area contributed by atoms with Gasteiger partial charge in [-0.1, -0.05) is 44.2 Å². The molecule has 0 aliphatic carbocycles. The quantitative estimate of drug-likeness (QED) is 0.833. The van der Waals surface area contributed by atoms with Gasteiger partial charge in [0.1, 0.15) is 0 Å². The van der Waals surface area contributed by atoms with Crippen molar-refractivity contribution < 1.29 is 9.90 Å². The average Bonchev–Trinajstić information content (AvgIpc) is 2.48. The van der Waals surface area contributed by atoms with Gasteiger partial charge in [0, 0.05) is 18.2 Å². The molecule has 0 aliphatic rings. The van der Waals surface area contributed by atoms with Crippen LogP contribution in [0.2, 0.25) is 0 Å². The van der Waals surface area contributed by atoms with E-state index in [0.717, 1.165) is 12.2 Å². The molecule has 0 fully saturated rings. The first-order chi connectivity index (χ1) is 10.1. The molecule has 2 N–H and O–H groups in total. The third kappa shape index (κ3) is 4.09. The Morgan fingerprint density at radius 1 is 1.05 bits per heavy atom. The van der Waals surface area contributed by atoms with Crippen molar-refractivity contribution in [2.75, 3.05) is 11.9 Å². The Morgan fingerprint density at radius 3 is 2.19 bits per heavy atom. The van der Waals surface area contributed by atoms with E-state index < -0.39 is 5.97 Å². The number of hydrogen-bond donors (Lipinski definition) is 2. The number of nitrogens with one attached hydrogen (secondary N) is 1. The zero-order chi connectivity index (χ0) is 15.2. The van der Waals surface area contributed by atoms with Gasteiger partial charge in [-0.2, -0.15) is 0 Å². The van der Waals surface area contributed by atoms with Crippen LogP contribution in [0.3, 0.4) is 0 Å². The monoisotopic (exact) mass is 283 g/mol. The topological polar surface area (TPSA) is 49.3 Å². The molecule has 110 valence electrons. The van der Waals surface area contributed by atoms with Crippen molar-refractivity contribution in [3.8, 4) is 0 Å². The maximum atomic E-state index is 10.8. The molecule has 2 aromatic carbocycles. The number of aromatic carboxylic acids is 1. The van der Waals surface area contributed by atoms with Crippen molar-refractivity contribution in [3.63, 3.8) is 0 Å². The number of carboxylic acid groups (broad SMARTS) is 1. The molecule has 3 nitrogen and oxygen atoms in total. The highest BCUT2D eigenvalue weighted by Crippen LogP contribution is 2.24. The van der Waals surface area contributed by atoms with Crippen molar-refractivity contribution in [2.24, 2.45) is 5.92 Å². The fourth-order valence-electron chi connectivity index (χ4n) is 2.40. The van der Waals surface area contributed by atoms with Crippen molar-refractivity contribution in [3.05, 3.63) is 65.7 Å². The zero-order valence-corrected chi connectivity index (χ0v) is 12.4. The summed E-state index contributed by atoms with van der Waals surface area (Å²) in [6.45, 7) is 5.26. The molecule has 0 amide bonds. The molecule has 0 bridgehead atoms. The van der Waals surface area contributed by atoms with Crippen LogP contribution < -0.4 is 5.32 Å². The predicted octanol–water partition coefficient (Wildman–Crippen LogP) is 4.24. The van der Waals surface area contributed by atoms with Crippen LogP contribution in [0, 0.1) is 5.92 Å². The van der Waals surface area contributed by atoms with Crippen LogP contribution in [0.25, 0.3) is 0 Å². The lowest BCUT2D eigenvalue weighted by Crippen LogP contribution is -2.17. The van der Waals surface area contributed by atoms with Gasteiger partial charge in [0.2, 0.25) is 0 Å². The maximum Gasteiger partial charge on any atom is 0.335 e. The largest absolute Gasteiger partial charge is 0.478 e. The van der Waals surface area contributed by atoms with Crippen LogP contribution >= 0.6 is 0 Å². The van der Waals surface area contributed by atoms with E-state index in [1.165, 1.54) is 5.56 Å². The minimum atomic E-state index is -0.897. The number of hydrogen-bond acceptors (Lipinski definition) is 2. The van der Waals surface area contributed by atoms with Gasteiger partial charge in [-0.15, -0.1) is 0 Å². The van der Waals surface area contributed by atoms with Gasteiger partial charge in [-0.05, 0) is 35.7 Å². The van der Waals surface area contributed by atoms with Gasteiger partial charge in [0.05, 0.1) is 5.56 Å². The molecular formula is C18H21NO2. The molecule has 0 aromatic heterocycles. The summed E-state index contributed by atoms with van der Waals surface area (Å²) in [6, 6.07) is 17.3. The highest BCUT2D eigenvalue weighted by molar-refractivity contribution is 5.87. The molecule has 2 rings (SSSR count). The summed E-state index contributed by atoms with van der Waals surface area (Å²) in [6.07, 6.45) is 0. The third-order valence-corrected chi connectivity index (χ3v) is 3.69. The number of carboxylic acids is 1. The second kappa shape index (κ2) is 6.93. The van der Waals surface area contributed by atoms with E-state index in [0.29, 0.717) is 17.4 Å². The number of rotatable bonds is 6. The van der Waals surface area contributed by atoms with Crippen LogP contribution in [-0.2, 0) is 0 Å². The molecule has 1 unspecified atom stereocenters. The Hall–Kier alpha value is -2.29. The Labute approximate surface area is 125 Å². The summed E-state index contributed by atoms with van der Waals surface area (Å²) < 4.78 is 0. The normalized spacial score (nSPS) is 12.1. The molecule has 0 saturated carbocycles. The van der Waals surface area contributed by atoms with Crippen LogP contribution in [0.5, 0.6) is 0 Å². The molecule has 0 heterocycles. The summed E-state index contributed by atoms with van der Waals surface area (Å²) in [5.74, 6) is 0.0504. The second-order valence-electron chi connectivity index (χ2n) is 5.52. The zero-order valence-electron chi connectivity index (χ0n) is 12.4. The van der Waals surface area contributed by atoms with Gasteiger partial charge in [-0.3, -0.25) is 0 Å². The predicted molar refractivity (Wildman–Crippen MR) is 85.9 cm³/mol. The van der Waals surface area contributed by atoms with Gasteiger partial charge >= 0.3 is 5.97 Å². The molecule has 0 radical (unpaired) electrons. The Morgan fingerprint density at radius 2 is 1.67 bits per heavy atom. The molecule has 0 spiro atoms. The molecule has 2 aromatic rings. The Balaban J connectivity index is 2.04. The van der Waals surface area contributed by atoms with Crippen molar-refractivity contribution in [1.82, 2.24) is 0 Å². The second-order valence-corrected chi connectivity index (χ2v) is 5.52. The standard InChI is InChI=1S/C18H21NO2/c1-13(2)17(14-6-4-3-5-7-14)12-19-16-10-8-15(9-11-16)18(20)21/h3-11,13,17,19H,12H2,1-2H3,(H,20,21). The lowest BCUT2D eigenvalue weighted by Gasteiger charge is -2.22. The van der Waals surface area contributed by atoms with Crippen LogP contribution in [0.15, 0.2) is 54.6 Å². The van der Waals surface area contributed by atoms with Crippen LogP contribution in [0.4, 0.5) is 5.69 Å². The van der Waals surface area contributed by atoms with E-state index in [1.807, 2.05) is 18.2 Å². The summed E-state index contributed by atoms with van der Waals surface area (Å²) in [5.41, 5.74) is 2.58. The van der Waals surface area contributed by atoms with E-state index in [-0.39, 0.29) is 0 Å². The molecule has 0 aliphatic heterocycles. The lowest BCUT2D eigenvalue weighted by molar-refractivity contribution is 0.0697. The van der Waals surface area contributed by atoms with E-state index in [1.54, 1.807) is 12.1 Å². The van der Waals surface area contributed by atoms with Gasteiger partial charge in [0.15, 0.2) is 0 Å². The first kappa shape index (κ1) is 15.1. The molecular weight excluding hydrogens is 262 g/mol. The SMILES string of the molecule is CC(C)C(CNc1ccc(C(=O)O)cc1)c1ccccc1. The third-order valence-electron chi connectivity index (χ3n) is 3.69. The first-order valence-corrected chi connectivity index (χ1v) is 7.20. The molecule has 3 heteroatoms. The molecule has 0 saturated heterocycles. The first-order valence-electron chi connectivity index (χ1n) is 7.20. The highest BCUT2D eigenvalue weighted by Gasteiger charge is 2.15. The summed E-state index contributed by atoms with van der Waals surface area (Å²) in [7, 11) is 0. The van der Waals surface area contributed by atoms with Gasteiger partial charge in [-0.25, -0.2) is 4.79 Å². The van der Waals surface area contributed by atoms with Gasteiger partial charge < -0.3 is 10.4 Å². The van der Waals surface area contributed by atoms with E-state index in [9.17, 15) is 4.79 Å². The minimum Gasteiger partial charge on any atom is -0.478 e. The van der Waals surface area contributed by atoms with Crippen LogP contribution in [-0.4, -0.2) is 17.6 Å². The average molecular weight is 283 g/mol. The van der Waals surface area contributed by atoms with Crippen molar-refractivity contribution in [2.45, 2.75) is 19.8 Å². The van der Waals surface area contributed by atoms with E-state index in [2.05, 4.69) is 43.4 Å². The highest BCUT2D eigenvalue weighted by atomic mass is 16.4. The fourth-order valence-corrected chi connectivity index (χ4v) is 2.40. The fraction of sp³-hybridized carbons (Fsp3) is 0.278. The smallest absolute Gasteiger partial charge is 0.335 e. The Kier molecular flexibility index (Phi) is 4.99. The summed E-state index contributed by atoms with van der Waals surface area (Å²) in [5, 5.41) is 12.3. The van der Waals surface area contributed by atoms with Crippen LogP contribution in [0.1, 0.15) is 35.7 Å². The number of carbonyl (C=O) groups is 1. The van der Waals surface area contributed by atoms with Crippen molar-refractivity contribution in [1.29, 1.82) is 0 Å². The van der Waals surface area contributed by atoms with E-state index in [4.69, 9.17) is 5.11 Å². The van der Waals surface area contributed by atoms with E-state index >= 15 is 0 Å². The minimum absolute atomic E-state index is 0.309. The summed E-state index contributed by atoms with van der Waals surface area (Å²) in [4.78, 5) is 10.8. The molecule has 1 atom stereocenters.